The fraction of sp³-hybridized carbons (Fsp3) is 0.0732. The molecule has 44 heavy (non-hydrogen) atoms. The van der Waals surface area contributed by atoms with Gasteiger partial charge in [0.1, 0.15) is 0 Å². The van der Waals surface area contributed by atoms with Gasteiger partial charge in [-0.15, -0.1) is 11.3 Å². The molecule has 0 spiro atoms. The fourth-order valence-electron chi connectivity index (χ4n) is 7.25. The van der Waals surface area contributed by atoms with E-state index in [-0.39, 0.29) is 5.41 Å². The second-order valence-electron chi connectivity index (χ2n) is 12.3. The Balaban J connectivity index is 1.29. The van der Waals surface area contributed by atoms with Gasteiger partial charge >= 0.3 is 0 Å². The standard InChI is InChI=1S/C41H26N2S/c1-41(2)34-20-24(23-42)12-15-28(34)29-16-13-26(21-35(29)41)27-14-17-32-36(22-27)43-39(25-8-4-3-5-9-25)33-19-18-31-30-10-6-7-11-37(30)44-40(31)38(32)33/h3-22H,1-2H3. The van der Waals surface area contributed by atoms with Crippen LogP contribution in [0.15, 0.2) is 121 Å². The molecule has 6 aromatic carbocycles. The summed E-state index contributed by atoms with van der Waals surface area (Å²) < 4.78 is 2.62. The highest BCUT2D eigenvalue weighted by atomic mass is 32.1. The first-order valence-electron chi connectivity index (χ1n) is 14.9. The Kier molecular flexibility index (Phi) is 5.22. The molecule has 206 valence electrons. The number of fused-ring (bicyclic) bond motifs is 10. The molecule has 0 saturated carbocycles. The number of nitriles is 1. The van der Waals surface area contributed by atoms with Crippen LogP contribution in [-0.2, 0) is 5.41 Å². The number of aromatic nitrogens is 1. The quantitative estimate of drug-likeness (QED) is 0.191. The van der Waals surface area contributed by atoms with Crippen molar-refractivity contribution >= 4 is 53.2 Å². The minimum absolute atomic E-state index is 0.188. The van der Waals surface area contributed by atoms with E-state index in [0.717, 1.165) is 22.3 Å². The van der Waals surface area contributed by atoms with Crippen molar-refractivity contribution in [2.45, 2.75) is 19.3 Å². The van der Waals surface area contributed by atoms with E-state index in [1.54, 1.807) is 0 Å². The van der Waals surface area contributed by atoms with E-state index >= 15 is 0 Å². The van der Waals surface area contributed by atoms with Crippen molar-refractivity contribution in [1.82, 2.24) is 4.98 Å². The zero-order valence-electron chi connectivity index (χ0n) is 24.3. The lowest BCUT2D eigenvalue weighted by atomic mass is 9.81. The van der Waals surface area contributed by atoms with Crippen LogP contribution in [-0.4, -0.2) is 4.98 Å². The van der Waals surface area contributed by atoms with Crippen LogP contribution < -0.4 is 0 Å². The lowest BCUT2D eigenvalue weighted by molar-refractivity contribution is 0.660. The van der Waals surface area contributed by atoms with Gasteiger partial charge in [0.2, 0.25) is 0 Å². The molecular weight excluding hydrogens is 553 g/mol. The minimum Gasteiger partial charge on any atom is -0.247 e. The zero-order valence-corrected chi connectivity index (χ0v) is 25.2. The van der Waals surface area contributed by atoms with Crippen LogP contribution in [0.25, 0.3) is 75.4 Å². The van der Waals surface area contributed by atoms with Crippen LogP contribution in [0.2, 0.25) is 0 Å². The maximum Gasteiger partial charge on any atom is 0.0991 e. The number of pyridine rings is 1. The first kappa shape index (κ1) is 25.2. The van der Waals surface area contributed by atoms with Crippen molar-refractivity contribution in [2.24, 2.45) is 0 Å². The van der Waals surface area contributed by atoms with Gasteiger partial charge < -0.3 is 0 Å². The van der Waals surface area contributed by atoms with Gasteiger partial charge in [0.05, 0.1) is 22.8 Å². The zero-order chi connectivity index (χ0) is 29.6. The number of thiophene rings is 1. The Hall–Kier alpha value is -5.30. The summed E-state index contributed by atoms with van der Waals surface area (Å²) in [5.41, 5.74) is 11.0. The van der Waals surface area contributed by atoms with Crippen LogP contribution in [0.5, 0.6) is 0 Å². The number of nitrogens with zero attached hydrogens (tertiary/aromatic N) is 2. The Labute approximate surface area is 259 Å². The summed E-state index contributed by atoms with van der Waals surface area (Å²) in [6.45, 7) is 4.53. The van der Waals surface area contributed by atoms with Crippen molar-refractivity contribution in [3.8, 4) is 39.6 Å². The molecule has 3 heteroatoms. The predicted molar refractivity (Wildman–Crippen MR) is 185 cm³/mol. The summed E-state index contributed by atoms with van der Waals surface area (Å²) >= 11 is 1.87. The lowest BCUT2D eigenvalue weighted by Gasteiger charge is -2.22. The van der Waals surface area contributed by atoms with Gasteiger partial charge in [-0.3, -0.25) is 0 Å². The SMILES string of the molecule is CC1(C)c2cc(C#N)ccc2-c2ccc(-c3ccc4c(c3)nc(-c3ccccc3)c3ccc5c6ccccc6sc5c34)cc21. The molecule has 2 aromatic heterocycles. The van der Waals surface area contributed by atoms with Gasteiger partial charge in [-0.1, -0.05) is 105 Å². The maximum absolute atomic E-state index is 9.53. The number of hydrogen-bond acceptors (Lipinski definition) is 3. The molecule has 0 saturated heterocycles. The third-order valence-electron chi connectivity index (χ3n) is 9.49. The van der Waals surface area contributed by atoms with E-state index in [9.17, 15) is 5.26 Å². The second-order valence-corrected chi connectivity index (χ2v) is 13.3. The molecule has 1 aliphatic rings. The van der Waals surface area contributed by atoms with Crippen LogP contribution in [0.3, 0.4) is 0 Å². The summed E-state index contributed by atoms with van der Waals surface area (Å²) in [6, 6.07) is 45.8. The number of hydrogen-bond donors (Lipinski definition) is 0. The Morgan fingerprint density at radius 1 is 0.614 bits per heavy atom. The van der Waals surface area contributed by atoms with Gasteiger partial charge in [-0.05, 0) is 63.7 Å². The molecule has 9 rings (SSSR count). The van der Waals surface area contributed by atoms with Gasteiger partial charge in [0.15, 0.2) is 0 Å². The van der Waals surface area contributed by atoms with Crippen molar-refractivity contribution in [3.63, 3.8) is 0 Å². The highest BCUT2D eigenvalue weighted by molar-refractivity contribution is 7.26. The summed E-state index contributed by atoms with van der Waals surface area (Å²) in [6.07, 6.45) is 0. The van der Waals surface area contributed by atoms with E-state index in [1.807, 2.05) is 17.4 Å². The van der Waals surface area contributed by atoms with Gasteiger partial charge in [-0.2, -0.15) is 5.26 Å². The van der Waals surface area contributed by atoms with Crippen LogP contribution in [0.4, 0.5) is 0 Å². The molecule has 0 amide bonds. The summed E-state index contributed by atoms with van der Waals surface area (Å²) in [5.74, 6) is 0. The normalized spacial score (nSPS) is 13.4. The molecule has 1 aliphatic carbocycles. The molecular formula is C41H26N2S. The van der Waals surface area contributed by atoms with E-state index in [2.05, 4.69) is 135 Å². The lowest BCUT2D eigenvalue weighted by Crippen LogP contribution is -2.15. The molecule has 0 atom stereocenters. The van der Waals surface area contributed by atoms with Crippen molar-refractivity contribution < 1.29 is 0 Å². The Morgan fingerprint density at radius 3 is 2.14 bits per heavy atom. The Morgan fingerprint density at radius 2 is 1.30 bits per heavy atom. The van der Waals surface area contributed by atoms with Crippen LogP contribution in [0.1, 0.15) is 30.5 Å². The maximum atomic E-state index is 9.53. The van der Waals surface area contributed by atoms with E-state index in [4.69, 9.17) is 4.98 Å². The molecule has 0 N–H and O–H groups in total. The summed E-state index contributed by atoms with van der Waals surface area (Å²) in [4.78, 5) is 5.35. The second kappa shape index (κ2) is 9.10. The van der Waals surface area contributed by atoms with Crippen molar-refractivity contribution in [1.29, 1.82) is 5.26 Å². The van der Waals surface area contributed by atoms with Crippen molar-refractivity contribution in [2.75, 3.05) is 0 Å². The average Bonchev–Trinajstić information content (AvgIpc) is 3.56. The highest BCUT2D eigenvalue weighted by Crippen LogP contribution is 2.50. The first-order valence-corrected chi connectivity index (χ1v) is 15.8. The molecule has 2 nitrogen and oxygen atoms in total. The average molecular weight is 579 g/mol. The van der Waals surface area contributed by atoms with Crippen LogP contribution >= 0.6 is 11.3 Å². The molecule has 2 heterocycles. The molecule has 8 aromatic rings. The third kappa shape index (κ3) is 3.49. The van der Waals surface area contributed by atoms with Crippen molar-refractivity contribution in [3.05, 3.63) is 138 Å². The minimum atomic E-state index is -0.188. The first-order chi connectivity index (χ1) is 21.5. The fourth-order valence-corrected chi connectivity index (χ4v) is 8.52. The van der Waals surface area contributed by atoms with E-state index in [0.29, 0.717) is 5.56 Å². The molecule has 0 unspecified atom stereocenters. The largest absolute Gasteiger partial charge is 0.247 e. The molecule has 0 aliphatic heterocycles. The van der Waals surface area contributed by atoms with Gasteiger partial charge in [-0.25, -0.2) is 4.98 Å². The molecule has 0 fully saturated rings. The van der Waals surface area contributed by atoms with E-state index in [1.165, 1.54) is 64.1 Å². The topological polar surface area (TPSA) is 36.7 Å². The van der Waals surface area contributed by atoms with Gasteiger partial charge in [0, 0.05) is 47.3 Å². The number of benzene rings is 6. The smallest absolute Gasteiger partial charge is 0.0991 e. The van der Waals surface area contributed by atoms with Gasteiger partial charge in [0.25, 0.3) is 0 Å². The molecule has 0 radical (unpaired) electrons. The third-order valence-corrected chi connectivity index (χ3v) is 10.7. The summed E-state index contributed by atoms with van der Waals surface area (Å²) in [7, 11) is 0. The summed E-state index contributed by atoms with van der Waals surface area (Å²) in [5, 5.41) is 15.8. The number of rotatable bonds is 2. The predicted octanol–water partition coefficient (Wildman–Crippen LogP) is 11.3. The van der Waals surface area contributed by atoms with Crippen LogP contribution in [0, 0.1) is 11.3 Å². The Bertz CT molecular complexity index is 2530. The highest BCUT2D eigenvalue weighted by Gasteiger charge is 2.35. The monoisotopic (exact) mass is 578 g/mol. The van der Waals surface area contributed by atoms with E-state index < -0.39 is 0 Å². The molecule has 0 bridgehead atoms.